The van der Waals surface area contributed by atoms with E-state index in [-0.39, 0.29) is 21.7 Å². The lowest BCUT2D eigenvalue weighted by atomic mass is 9.90. The fourth-order valence-electron chi connectivity index (χ4n) is 3.63. The Kier molecular flexibility index (Phi) is 9.04. The van der Waals surface area contributed by atoms with Crippen molar-refractivity contribution >= 4 is 56.4 Å². The van der Waals surface area contributed by atoms with Crippen molar-refractivity contribution in [1.82, 2.24) is 0 Å². The zero-order chi connectivity index (χ0) is 27.3. The first-order valence-electron chi connectivity index (χ1n) is 10.9. The summed E-state index contributed by atoms with van der Waals surface area (Å²) in [6.45, 7) is 7.75. The maximum absolute atomic E-state index is 13.7. The predicted molar refractivity (Wildman–Crippen MR) is 145 cm³/mol. The highest BCUT2D eigenvalue weighted by Gasteiger charge is 2.32. The average Bonchev–Trinajstić information content (AvgIpc) is 2.85. The van der Waals surface area contributed by atoms with Gasteiger partial charge in [0.1, 0.15) is 0 Å². The van der Waals surface area contributed by atoms with Gasteiger partial charge in [0.25, 0.3) is 5.91 Å². The number of nitrogens with one attached hydrogen (secondary N) is 1. The van der Waals surface area contributed by atoms with Gasteiger partial charge >= 0.3 is 11.5 Å². The van der Waals surface area contributed by atoms with Crippen molar-refractivity contribution in [3.63, 3.8) is 0 Å². The van der Waals surface area contributed by atoms with Gasteiger partial charge in [0, 0.05) is 9.37 Å². The van der Waals surface area contributed by atoms with Crippen molar-refractivity contribution in [3.8, 4) is 0 Å². The molecule has 0 heterocycles. The lowest BCUT2D eigenvalue weighted by Gasteiger charge is -2.19. The molecule has 0 aromatic heterocycles. The number of rotatable bonds is 7. The maximum atomic E-state index is 13.7. The number of esters is 1. The molecule has 0 aliphatic rings. The van der Waals surface area contributed by atoms with Crippen LogP contribution in [0.15, 0.2) is 88.3 Å². The van der Waals surface area contributed by atoms with Crippen LogP contribution in [-0.2, 0) is 9.53 Å². The molecule has 0 saturated carbocycles. The monoisotopic (exact) mass is 589 g/mol. The molecule has 4 nitrogen and oxygen atoms in total. The number of hydrogen-bond acceptors (Lipinski definition) is 4. The van der Waals surface area contributed by atoms with Gasteiger partial charge in [-0.1, -0.05) is 58.9 Å². The number of methoxy groups -OCH3 is 1. The van der Waals surface area contributed by atoms with Crippen molar-refractivity contribution < 1.29 is 27.5 Å². The van der Waals surface area contributed by atoms with Crippen LogP contribution in [-0.4, -0.2) is 24.5 Å². The summed E-state index contributed by atoms with van der Waals surface area (Å²) in [5.74, 6) is -1.41. The molecule has 0 bridgehead atoms. The number of benzene rings is 3. The highest BCUT2D eigenvalue weighted by Crippen LogP contribution is 2.42. The van der Waals surface area contributed by atoms with Gasteiger partial charge in [0.05, 0.1) is 23.9 Å². The molecule has 0 atom stereocenters. The first-order chi connectivity index (χ1) is 17.4. The van der Waals surface area contributed by atoms with Gasteiger partial charge in [0.2, 0.25) is 0 Å². The second-order valence-electron chi connectivity index (χ2n) is 8.01. The Morgan fingerprint density at radius 3 is 2.30 bits per heavy atom. The molecule has 0 aliphatic heterocycles. The Labute approximate surface area is 225 Å². The number of carbonyl (C=O) groups excluding carboxylic acids is 2. The minimum absolute atomic E-state index is 0.0699. The molecule has 0 unspecified atom stereocenters. The van der Waals surface area contributed by atoms with Gasteiger partial charge in [-0.3, -0.25) is 4.79 Å². The van der Waals surface area contributed by atoms with Gasteiger partial charge in [-0.15, -0.1) is 0 Å². The molecule has 0 radical (unpaired) electrons. The lowest BCUT2D eigenvalue weighted by molar-refractivity contribution is -0.111. The van der Waals surface area contributed by atoms with Gasteiger partial charge in [-0.05, 0) is 83.8 Å². The number of hydrogen-bond donors (Lipinski definition) is 1. The average molecular weight is 590 g/mol. The summed E-state index contributed by atoms with van der Waals surface area (Å²) in [6.07, 6.45) is 0. The van der Waals surface area contributed by atoms with Crippen molar-refractivity contribution in [3.05, 3.63) is 106 Å². The number of allylic oxidation sites excluding steroid dienone is 2. The number of carbonyl (C=O) groups is 2. The number of amides is 1. The topological polar surface area (TPSA) is 55.4 Å². The minimum atomic E-state index is -4.65. The van der Waals surface area contributed by atoms with E-state index in [4.69, 9.17) is 0 Å². The van der Waals surface area contributed by atoms with E-state index in [9.17, 15) is 22.8 Å². The number of anilines is 1. The summed E-state index contributed by atoms with van der Waals surface area (Å²) >= 11 is 3.01. The van der Waals surface area contributed by atoms with Crippen LogP contribution >= 0.6 is 27.7 Å². The molecule has 1 amide bonds. The number of ether oxygens (including phenoxy) is 1. The fourth-order valence-corrected chi connectivity index (χ4v) is 4.65. The minimum Gasteiger partial charge on any atom is -0.465 e. The molecule has 37 heavy (non-hydrogen) atoms. The Bertz CT molecular complexity index is 1390. The smallest absolute Gasteiger partial charge is 0.446 e. The quantitative estimate of drug-likeness (QED) is 0.130. The van der Waals surface area contributed by atoms with Crippen LogP contribution in [0, 0.1) is 6.92 Å². The molecular weight excluding hydrogens is 567 g/mol. The number of aryl methyl sites for hydroxylation is 1. The van der Waals surface area contributed by atoms with Crippen molar-refractivity contribution in [2.45, 2.75) is 24.3 Å². The van der Waals surface area contributed by atoms with E-state index < -0.39 is 29.1 Å². The molecule has 0 fully saturated rings. The summed E-state index contributed by atoms with van der Waals surface area (Å²) in [5, 5.41) is 2.62. The van der Waals surface area contributed by atoms with E-state index in [0.717, 1.165) is 28.8 Å². The predicted octanol–water partition coefficient (Wildman–Crippen LogP) is 8.28. The van der Waals surface area contributed by atoms with Crippen LogP contribution in [0.2, 0.25) is 0 Å². The normalized spacial score (nSPS) is 12.0. The Morgan fingerprint density at radius 1 is 1.00 bits per heavy atom. The van der Waals surface area contributed by atoms with Crippen LogP contribution in [0.4, 0.5) is 18.9 Å². The summed E-state index contributed by atoms with van der Waals surface area (Å²) in [4.78, 5) is 25.3. The van der Waals surface area contributed by atoms with E-state index in [2.05, 4.69) is 32.6 Å². The fraction of sp³-hybridized carbons (Fsp3) is 0.143. The molecule has 192 valence electrons. The van der Waals surface area contributed by atoms with Crippen LogP contribution in [0.3, 0.4) is 0 Å². The zero-order valence-electron chi connectivity index (χ0n) is 20.2. The second kappa shape index (κ2) is 11.8. The van der Waals surface area contributed by atoms with E-state index in [1.165, 1.54) is 12.1 Å². The molecule has 3 aromatic rings. The second-order valence-corrected chi connectivity index (χ2v) is 10.0. The molecule has 0 aliphatic carbocycles. The van der Waals surface area contributed by atoms with Crippen molar-refractivity contribution in [2.75, 3.05) is 12.4 Å². The summed E-state index contributed by atoms with van der Waals surface area (Å²) in [7, 11) is 1.13. The lowest BCUT2D eigenvalue weighted by Crippen LogP contribution is -2.17. The third kappa shape index (κ3) is 7.14. The molecule has 3 aromatic carbocycles. The van der Waals surface area contributed by atoms with Gasteiger partial charge in [-0.25, -0.2) is 4.79 Å². The Morgan fingerprint density at radius 2 is 1.68 bits per heavy atom. The van der Waals surface area contributed by atoms with Crippen molar-refractivity contribution in [2.24, 2.45) is 0 Å². The van der Waals surface area contributed by atoms with E-state index in [1.807, 2.05) is 49.4 Å². The number of thioether (sulfide) groups is 1. The van der Waals surface area contributed by atoms with Crippen LogP contribution in [0.25, 0.3) is 11.1 Å². The van der Waals surface area contributed by atoms with Crippen LogP contribution in [0.1, 0.15) is 34.0 Å². The Hall–Kier alpha value is -3.30. The molecule has 3 rings (SSSR count). The molecule has 9 heteroatoms. The summed E-state index contributed by atoms with van der Waals surface area (Å²) in [5.41, 5.74) is -1.22. The summed E-state index contributed by atoms with van der Waals surface area (Å²) < 4.78 is 45.3. The maximum Gasteiger partial charge on any atom is 0.446 e. The van der Waals surface area contributed by atoms with Gasteiger partial charge in [-0.2, -0.15) is 13.2 Å². The Balaban J connectivity index is 2.14. The molecule has 1 N–H and O–H groups in total. The SMILES string of the molecule is C=C(/C(C)=C(/C(=O)Nc1ccc(C(=O)OC)cc1SC(F)(F)F)c1cc(Br)ccc1C)c1ccccc1. The van der Waals surface area contributed by atoms with Crippen LogP contribution < -0.4 is 5.32 Å². The highest BCUT2D eigenvalue weighted by molar-refractivity contribution is 9.10. The van der Waals surface area contributed by atoms with E-state index >= 15 is 0 Å². The molecular formula is C28H23BrF3NO3S. The van der Waals surface area contributed by atoms with Gasteiger partial charge < -0.3 is 10.1 Å². The standard InChI is InChI=1S/C28H23BrF3NO3S/c1-16-10-12-21(29)15-22(16)25(18(3)17(2)19-8-6-5-7-9-19)26(34)33-23-13-11-20(27(35)36-4)14-24(23)37-28(30,31)32/h5-15H,2H2,1,3-4H3,(H,33,34)/b25-18+. The first kappa shape index (κ1) is 28.3. The van der Waals surface area contributed by atoms with Crippen LogP contribution in [0.5, 0.6) is 0 Å². The van der Waals surface area contributed by atoms with Gasteiger partial charge in [0.15, 0.2) is 0 Å². The zero-order valence-corrected chi connectivity index (χ0v) is 22.6. The summed E-state index contributed by atoms with van der Waals surface area (Å²) in [6, 6.07) is 18.3. The largest absolute Gasteiger partial charge is 0.465 e. The third-order valence-corrected chi connectivity index (χ3v) is 6.80. The van der Waals surface area contributed by atoms with Crippen molar-refractivity contribution in [1.29, 1.82) is 0 Å². The molecule has 0 spiro atoms. The highest BCUT2D eigenvalue weighted by atomic mass is 79.9. The third-order valence-electron chi connectivity index (χ3n) is 5.52. The first-order valence-corrected chi connectivity index (χ1v) is 12.5. The van der Waals surface area contributed by atoms with E-state index in [0.29, 0.717) is 16.7 Å². The number of halogens is 4. The van der Waals surface area contributed by atoms with E-state index in [1.54, 1.807) is 13.0 Å². The number of alkyl halides is 3. The molecule has 0 saturated heterocycles.